The zero-order valence-electron chi connectivity index (χ0n) is 9.94. The maximum absolute atomic E-state index is 11.7. The summed E-state index contributed by atoms with van der Waals surface area (Å²) in [5, 5.41) is 0.305. The molecule has 0 aliphatic carbocycles. The quantitative estimate of drug-likeness (QED) is 0.504. The molecule has 0 bridgehead atoms. The van der Waals surface area contributed by atoms with Crippen molar-refractivity contribution >= 4 is 29.2 Å². The standard InChI is InChI=1S/C12H14ClNO4/c1-17-10(15)6-3-7-18-12(16)8-4-2-5-9(13)11(8)14/h2,4-5H,3,6-7,14H2,1H3. The number of halogens is 1. The van der Waals surface area contributed by atoms with Crippen LogP contribution in [0.15, 0.2) is 18.2 Å². The molecule has 0 saturated heterocycles. The van der Waals surface area contributed by atoms with Crippen molar-refractivity contribution in [3.63, 3.8) is 0 Å². The van der Waals surface area contributed by atoms with E-state index in [0.29, 0.717) is 11.4 Å². The van der Waals surface area contributed by atoms with E-state index < -0.39 is 5.97 Å². The number of carbonyl (C=O) groups is 2. The zero-order valence-corrected chi connectivity index (χ0v) is 10.7. The number of nitrogen functional groups attached to an aromatic ring is 1. The van der Waals surface area contributed by atoms with Crippen LogP contribution in [-0.2, 0) is 14.3 Å². The molecule has 0 radical (unpaired) electrons. The highest BCUT2D eigenvalue weighted by Crippen LogP contribution is 2.22. The molecule has 0 aliphatic rings. The largest absolute Gasteiger partial charge is 0.469 e. The Labute approximate surface area is 110 Å². The molecule has 1 aromatic carbocycles. The second-order valence-corrected chi connectivity index (χ2v) is 3.92. The van der Waals surface area contributed by atoms with E-state index >= 15 is 0 Å². The van der Waals surface area contributed by atoms with Gasteiger partial charge in [-0.15, -0.1) is 0 Å². The summed E-state index contributed by atoms with van der Waals surface area (Å²) in [6, 6.07) is 4.73. The summed E-state index contributed by atoms with van der Waals surface area (Å²) < 4.78 is 9.43. The van der Waals surface area contributed by atoms with E-state index in [1.165, 1.54) is 13.2 Å². The average Bonchev–Trinajstić information content (AvgIpc) is 2.37. The average molecular weight is 272 g/mol. The monoisotopic (exact) mass is 271 g/mol. The molecule has 0 aliphatic heterocycles. The number of anilines is 1. The topological polar surface area (TPSA) is 78.6 Å². The molecule has 0 spiro atoms. The van der Waals surface area contributed by atoms with Crippen LogP contribution in [0.2, 0.25) is 5.02 Å². The Morgan fingerprint density at radius 1 is 1.39 bits per heavy atom. The molecule has 1 aromatic rings. The lowest BCUT2D eigenvalue weighted by Gasteiger charge is -2.07. The maximum Gasteiger partial charge on any atom is 0.340 e. The van der Waals surface area contributed by atoms with Crippen LogP contribution in [0.5, 0.6) is 0 Å². The van der Waals surface area contributed by atoms with Crippen molar-refractivity contribution < 1.29 is 19.1 Å². The van der Waals surface area contributed by atoms with Crippen molar-refractivity contribution in [3.05, 3.63) is 28.8 Å². The molecule has 2 N–H and O–H groups in total. The molecule has 6 heteroatoms. The molecule has 1 rings (SSSR count). The highest BCUT2D eigenvalue weighted by atomic mass is 35.5. The van der Waals surface area contributed by atoms with E-state index in [-0.39, 0.29) is 30.2 Å². The number of carbonyl (C=O) groups excluding carboxylic acids is 2. The molecule has 0 unspecified atom stereocenters. The van der Waals surface area contributed by atoms with Crippen LogP contribution < -0.4 is 5.73 Å². The summed E-state index contributed by atoms with van der Waals surface area (Å²) in [6.45, 7) is 0.125. The summed E-state index contributed by atoms with van der Waals surface area (Å²) in [6.07, 6.45) is 0.605. The zero-order chi connectivity index (χ0) is 13.5. The molecule has 0 saturated carbocycles. The molecular weight excluding hydrogens is 258 g/mol. The van der Waals surface area contributed by atoms with Gasteiger partial charge in [0.2, 0.25) is 0 Å². The first-order valence-electron chi connectivity index (χ1n) is 5.34. The van der Waals surface area contributed by atoms with Gasteiger partial charge >= 0.3 is 11.9 Å². The van der Waals surface area contributed by atoms with E-state index in [4.69, 9.17) is 22.1 Å². The number of rotatable bonds is 5. The van der Waals surface area contributed by atoms with Crippen molar-refractivity contribution in [2.24, 2.45) is 0 Å². The smallest absolute Gasteiger partial charge is 0.340 e. The van der Waals surface area contributed by atoms with E-state index in [2.05, 4.69) is 4.74 Å². The number of ether oxygens (including phenoxy) is 2. The first-order chi connectivity index (χ1) is 8.56. The molecule has 0 heterocycles. The normalized spacial score (nSPS) is 9.89. The first kappa shape index (κ1) is 14.3. The minimum atomic E-state index is -0.556. The van der Waals surface area contributed by atoms with Gasteiger partial charge in [-0.1, -0.05) is 17.7 Å². The van der Waals surface area contributed by atoms with Crippen LogP contribution in [0, 0.1) is 0 Å². The Morgan fingerprint density at radius 3 is 2.78 bits per heavy atom. The molecule has 0 aromatic heterocycles. The fourth-order valence-corrected chi connectivity index (χ4v) is 1.45. The highest BCUT2D eigenvalue weighted by Gasteiger charge is 2.13. The Hall–Kier alpha value is -1.75. The number of benzene rings is 1. The van der Waals surface area contributed by atoms with Crippen molar-refractivity contribution in [2.45, 2.75) is 12.8 Å². The number of nitrogens with two attached hydrogens (primary N) is 1. The summed E-state index contributed by atoms with van der Waals surface area (Å²) in [5.41, 5.74) is 6.07. The number of para-hydroxylation sites is 1. The Bertz CT molecular complexity index is 448. The summed E-state index contributed by atoms with van der Waals surface area (Å²) >= 11 is 5.79. The van der Waals surface area contributed by atoms with Crippen LogP contribution in [0.4, 0.5) is 5.69 Å². The third-order valence-corrected chi connectivity index (χ3v) is 2.59. The third kappa shape index (κ3) is 3.92. The predicted molar refractivity (Wildman–Crippen MR) is 67.4 cm³/mol. The molecule has 0 amide bonds. The van der Waals surface area contributed by atoms with Gasteiger partial charge in [-0.3, -0.25) is 4.79 Å². The lowest BCUT2D eigenvalue weighted by molar-refractivity contribution is -0.140. The van der Waals surface area contributed by atoms with Crippen molar-refractivity contribution in [2.75, 3.05) is 19.5 Å². The van der Waals surface area contributed by atoms with Gasteiger partial charge in [0, 0.05) is 6.42 Å². The molecule has 0 fully saturated rings. The minimum Gasteiger partial charge on any atom is -0.469 e. The molecule has 5 nitrogen and oxygen atoms in total. The van der Waals surface area contributed by atoms with Gasteiger partial charge in [0.05, 0.1) is 30.0 Å². The van der Waals surface area contributed by atoms with Crippen molar-refractivity contribution in [3.8, 4) is 0 Å². The molecule has 18 heavy (non-hydrogen) atoms. The van der Waals surface area contributed by atoms with Gasteiger partial charge in [-0.2, -0.15) is 0 Å². The highest BCUT2D eigenvalue weighted by molar-refractivity contribution is 6.33. The van der Waals surface area contributed by atoms with E-state index in [9.17, 15) is 9.59 Å². The summed E-state index contributed by atoms with van der Waals surface area (Å²) in [5.74, 6) is -0.895. The van der Waals surface area contributed by atoms with Gasteiger partial charge in [-0.05, 0) is 18.6 Å². The summed E-state index contributed by atoms with van der Waals surface area (Å²) in [4.78, 5) is 22.5. The van der Waals surface area contributed by atoms with E-state index in [1.54, 1.807) is 12.1 Å². The van der Waals surface area contributed by atoms with Crippen LogP contribution in [0.25, 0.3) is 0 Å². The number of methoxy groups -OCH3 is 1. The van der Waals surface area contributed by atoms with Crippen LogP contribution in [-0.4, -0.2) is 25.7 Å². The third-order valence-electron chi connectivity index (χ3n) is 2.26. The van der Waals surface area contributed by atoms with Gasteiger partial charge < -0.3 is 15.2 Å². The second-order valence-electron chi connectivity index (χ2n) is 3.52. The van der Waals surface area contributed by atoms with Gasteiger partial charge in [0.1, 0.15) is 0 Å². The Balaban J connectivity index is 2.46. The number of hydrogen-bond donors (Lipinski definition) is 1. The summed E-state index contributed by atoms with van der Waals surface area (Å²) in [7, 11) is 1.31. The first-order valence-corrected chi connectivity index (χ1v) is 5.72. The Morgan fingerprint density at radius 2 is 2.11 bits per heavy atom. The van der Waals surface area contributed by atoms with Crippen molar-refractivity contribution in [1.82, 2.24) is 0 Å². The minimum absolute atomic E-state index is 0.125. The lowest BCUT2D eigenvalue weighted by Crippen LogP contribution is -2.10. The van der Waals surface area contributed by atoms with Gasteiger partial charge in [0.25, 0.3) is 0 Å². The Kier molecular flexibility index (Phi) is 5.45. The van der Waals surface area contributed by atoms with Gasteiger partial charge in [0.15, 0.2) is 0 Å². The van der Waals surface area contributed by atoms with Gasteiger partial charge in [-0.25, -0.2) is 4.79 Å². The molecular formula is C12H14ClNO4. The van der Waals surface area contributed by atoms with Crippen molar-refractivity contribution in [1.29, 1.82) is 0 Å². The maximum atomic E-state index is 11.7. The fourth-order valence-electron chi connectivity index (χ4n) is 1.28. The predicted octanol–water partition coefficient (Wildman–Crippen LogP) is 2.03. The van der Waals surface area contributed by atoms with E-state index in [1.807, 2.05) is 0 Å². The SMILES string of the molecule is COC(=O)CCCOC(=O)c1cccc(Cl)c1N. The number of esters is 2. The molecule has 0 atom stereocenters. The lowest BCUT2D eigenvalue weighted by atomic mass is 10.2. The second kappa shape index (κ2) is 6.86. The van der Waals surface area contributed by atoms with Crippen LogP contribution >= 0.6 is 11.6 Å². The fraction of sp³-hybridized carbons (Fsp3) is 0.333. The van der Waals surface area contributed by atoms with E-state index in [0.717, 1.165) is 0 Å². The molecule has 98 valence electrons. The number of hydrogen-bond acceptors (Lipinski definition) is 5. The van der Waals surface area contributed by atoms with Crippen LogP contribution in [0.1, 0.15) is 23.2 Å². The van der Waals surface area contributed by atoms with Crippen LogP contribution in [0.3, 0.4) is 0 Å².